The molecule has 0 spiro atoms. The average Bonchev–Trinajstić information content (AvgIpc) is 2.83. The zero-order valence-electron chi connectivity index (χ0n) is 14.7. The molecule has 1 aliphatic heterocycles. The molecule has 2 aromatic carbocycles. The van der Waals surface area contributed by atoms with Crippen molar-refractivity contribution in [1.29, 1.82) is 0 Å². The van der Waals surface area contributed by atoms with Crippen molar-refractivity contribution in [1.82, 2.24) is 9.78 Å². The van der Waals surface area contributed by atoms with Crippen LogP contribution in [0.3, 0.4) is 0 Å². The van der Waals surface area contributed by atoms with Gasteiger partial charge in [0.05, 0.1) is 22.0 Å². The molecule has 0 unspecified atom stereocenters. The third-order valence-electron chi connectivity index (χ3n) is 4.75. The summed E-state index contributed by atoms with van der Waals surface area (Å²) in [5.41, 5.74) is 0.897. The molecule has 28 heavy (non-hydrogen) atoms. The van der Waals surface area contributed by atoms with Crippen molar-refractivity contribution in [3.8, 4) is 16.9 Å². The third-order valence-corrected chi connectivity index (χ3v) is 5.07. The fourth-order valence-corrected chi connectivity index (χ4v) is 3.73. The highest BCUT2D eigenvalue weighted by Crippen LogP contribution is 2.40. The minimum atomic E-state index is -4.52. The van der Waals surface area contributed by atoms with E-state index >= 15 is 0 Å². The minimum Gasteiger partial charge on any atom is -0.370 e. The molecule has 3 nitrogen and oxygen atoms in total. The summed E-state index contributed by atoms with van der Waals surface area (Å²) in [6.07, 6.45) is -2.14. The largest absolute Gasteiger partial charge is 0.418 e. The van der Waals surface area contributed by atoms with Gasteiger partial charge in [-0.15, -0.1) is 0 Å². The molecule has 2 heterocycles. The van der Waals surface area contributed by atoms with Crippen molar-refractivity contribution in [3.63, 3.8) is 0 Å². The van der Waals surface area contributed by atoms with Gasteiger partial charge in [0.25, 0.3) is 0 Å². The molecule has 0 saturated heterocycles. The van der Waals surface area contributed by atoms with Crippen LogP contribution in [0.1, 0.15) is 24.0 Å². The summed E-state index contributed by atoms with van der Waals surface area (Å²) in [7, 11) is 0. The lowest BCUT2D eigenvalue weighted by molar-refractivity contribution is -0.137. The molecular weight excluding hydrogens is 394 g/mol. The topological polar surface area (TPSA) is 29.9 Å². The van der Waals surface area contributed by atoms with Crippen LogP contribution in [0.15, 0.2) is 42.5 Å². The lowest BCUT2D eigenvalue weighted by atomic mass is 10.0. The Balaban J connectivity index is 1.97. The third kappa shape index (κ3) is 3.35. The molecule has 1 aromatic heterocycles. The van der Waals surface area contributed by atoms with Gasteiger partial charge in [0.15, 0.2) is 0 Å². The number of fused-ring (bicyclic) bond motifs is 1. The smallest absolute Gasteiger partial charge is 0.370 e. The molecule has 0 aliphatic carbocycles. The molecule has 0 saturated carbocycles. The molecule has 1 N–H and O–H groups in total. The van der Waals surface area contributed by atoms with E-state index < -0.39 is 17.6 Å². The Morgan fingerprint density at radius 3 is 2.61 bits per heavy atom. The quantitative estimate of drug-likeness (QED) is 0.518. The van der Waals surface area contributed by atoms with E-state index in [1.54, 1.807) is 6.07 Å². The highest BCUT2D eigenvalue weighted by atomic mass is 35.5. The molecule has 0 radical (unpaired) electrons. The van der Waals surface area contributed by atoms with Crippen LogP contribution in [0, 0.1) is 5.82 Å². The second-order valence-electron chi connectivity index (χ2n) is 6.61. The number of anilines is 1. The normalized spacial score (nSPS) is 14.3. The summed E-state index contributed by atoms with van der Waals surface area (Å²) >= 11 is 6.22. The van der Waals surface area contributed by atoms with E-state index in [0.29, 0.717) is 30.0 Å². The Bertz CT molecular complexity index is 1030. The Kier molecular flexibility index (Phi) is 4.79. The van der Waals surface area contributed by atoms with Gasteiger partial charge in [0, 0.05) is 17.7 Å². The van der Waals surface area contributed by atoms with E-state index in [1.807, 2.05) is 0 Å². The number of alkyl halides is 3. The second kappa shape index (κ2) is 7.13. The fourth-order valence-electron chi connectivity index (χ4n) is 3.47. The van der Waals surface area contributed by atoms with Crippen LogP contribution >= 0.6 is 11.6 Å². The highest BCUT2D eigenvalue weighted by molar-refractivity contribution is 6.33. The lowest BCUT2D eigenvalue weighted by Gasteiger charge is -2.15. The van der Waals surface area contributed by atoms with Gasteiger partial charge in [0.1, 0.15) is 11.6 Å². The summed E-state index contributed by atoms with van der Waals surface area (Å²) in [5.74, 6) is 0.0319. The number of aromatic nitrogens is 2. The second-order valence-corrected chi connectivity index (χ2v) is 7.02. The summed E-state index contributed by atoms with van der Waals surface area (Å²) in [6, 6.07) is 9.25. The van der Waals surface area contributed by atoms with E-state index in [9.17, 15) is 17.6 Å². The van der Waals surface area contributed by atoms with Gasteiger partial charge in [-0.05, 0) is 49.6 Å². The van der Waals surface area contributed by atoms with Gasteiger partial charge in [-0.3, -0.25) is 0 Å². The predicted molar refractivity (Wildman–Crippen MR) is 100 cm³/mol. The molecule has 1 aliphatic rings. The van der Waals surface area contributed by atoms with Crippen LogP contribution in [-0.2, 0) is 12.6 Å². The van der Waals surface area contributed by atoms with Gasteiger partial charge in [-0.1, -0.05) is 23.7 Å². The monoisotopic (exact) mass is 409 g/mol. The first kappa shape index (κ1) is 18.8. The first-order chi connectivity index (χ1) is 13.4. The Morgan fingerprint density at radius 2 is 1.86 bits per heavy atom. The lowest BCUT2D eigenvalue weighted by Crippen LogP contribution is -2.14. The van der Waals surface area contributed by atoms with Crippen molar-refractivity contribution in [2.75, 3.05) is 11.9 Å². The van der Waals surface area contributed by atoms with E-state index in [-0.39, 0.29) is 10.7 Å². The summed E-state index contributed by atoms with van der Waals surface area (Å²) in [5, 5.41) is 7.86. The molecule has 0 atom stereocenters. The number of halogens is 5. The first-order valence-electron chi connectivity index (χ1n) is 8.84. The Labute approximate surface area is 163 Å². The molecule has 4 rings (SSSR count). The molecule has 0 fully saturated rings. The molecule has 8 heteroatoms. The fraction of sp³-hybridized carbons (Fsp3) is 0.250. The highest BCUT2D eigenvalue weighted by Gasteiger charge is 2.35. The number of para-hydroxylation sites is 1. The maximum Gasteiger partial charge on any atom is 0.418 e. The first-order valence-corrected chi connectivity index (χ1v) is 9.22. The maximum absolute atomic E-state index is 13.6. The van der Waals surface area contributed by atoms with E-state index in [1.165, 1.54) is 35.0 Å². The number of rotatable bonds is 2. The summed E-state index contributed by atoms with van der Waals surface area (Å²) in [4.78, 5) is 0. The predicted octanol–water partition coefficient (Wildman–Crippen LogP) is 6.10. The van der Waals surface area contributed by atoms with Crippen molar-refractivity contribution in [2.24, 2.45) is 0 Å². The van der Waals surface area contributed by atoms with Crippen LogP contribution in [-0.4, -0.2) is 16.3 Å². The van der Waals surface area contributed by atoms with Crippen molar-refractivity contribution >= 4 is 17.4 Å². The van der Waals surface area contributed by atoms with Crippen molar-refractivity contribution in [3.05, 3.63) is 64.4 Å². The van der Waals surface area contributed by atoms with Crippen LogP contribution in [0.4, 0.5) is 23.4 Å². The summed E-state index contributed by atoms with van der Waals surface area (Å²) in [6.45, 7) is 0.628. The summed E-state index contributed by atoms with van der Waals surface area (Å²) < 4.78 is 55.4. The zero-order valence-corrected chi connectivity index (χ0v) is 15.4. The number of hydrogen-bond donors (Lipinski definition) is 1. The van der Waals surface area contributed by atoms with E-state index in [4.69, 9.17) is 11.6 Å². The minimum absolute atomic E-state index is 0.0647. The number of hydrogen-bond acceptors (Lipinski definition) is 2. The Morgan fingerprint density at radius 1 is 1.07 bits per heavy atom. The molecular formula is C20H16ClF4N3. The molecule has 0 amide bonds. The molecule has 146 valence electrons. The van der Waals surface area contributed by atoms with Gasteiger partial charge in [-0.2, -0.15) is 18.3 Å². The number of nitrogens with zero attached hydrogens (tertiary/aromatic N) is 2. The van der Waals surface area contributed by atoms with E-state index in [2.05, 4.69) is 10.4 Å². The van der Waals surface area contributed by atoms with Crippen LogP contribution < -0.4 is 5.32 Å². The molecule has 3 aromatic rings. The SMILES string of the molecule is Fc1ccc(-c2nn(-c3ccccc3C(F)(F)F)c3c2CCCCN3)c(Cl)c1. The average molecular weight is 410 g/mol. The van der Waals surface area contributed by atoms with Crippen molar-refractivity contribution in [2.45, 2.75) is 25.4 Å². The standard InChI is InChI=1S/C20H16ClF4N3/c21-16-11-12(22)8-9-13(16)18-14-5-3-4-10-26-19(14)28(27-18)17-7-2-1-6-15(17)20(23,24)25/h1-2,6-9,11,26H,3-5,10H2. The van der Waals surface area contributed by atoms with Crippen LogP contribution in [0.2, 0.25) is 5.02 Å². The zero-order chi connectivity index (χ0) is 19.9. The number of benzene rings is 2. The van der Waals surface area contributed by atoms with Gasteiger partial charge >= 0.3 is 6.18 Å². The van der Waals surface area contributed by atoms with E-state index in [0.717, 1.165) is 24.5 Å². The van der Waals surface area contributed by atoms with Crippen LogP contribution in [0.5, 0.6) is 0 Å². The maximum atomic E-state index is 13.6. The van der Waals surface area contributed by atoms with Gasteiger partial charge in [-0.25, -0.2) is 9.07 Å². The van der Waals surface area contributed by atoms with Gasteiger partial charge in [0.2, 0.25) is 0 Å². The Hall–Kier alpha value is -2.54. The molecule has 0 bridgehead atoms. The van der Waals surface area contributed by atoms with Gasteiger partial charge < -0.3 is 5.32 Å². The van der Waals surface area contributed by atoms with Crippen molar-refractivity contribution < 1.29 is 17.6 Å². The van der Waals surface area contributed by atoms with Crippen LogP contribution in [0.25, 0.3) is 16.9 Å². The number of nitrogens with one attached hydrogen (secondary N) is 1.